The van der Waals surface area contributed by atoms with Crippen LogP contribution in [0.3, 0.4) is 0 Å². The summed E-state index contributed by atoms with van der Waals surface area (Å²) in [6, 6.07) is 2.48. The molecular formula is C13H14N4O4. The summed E-state index contributed by atoms with van der Waals surface area (Å²) in [7, 11) is 0. The van der Waals surface area contributed by atoms with Gasteiger partial charge in [-0.3, -0.25) is 9.59 Å². The van der Waals surface area contributed by atoms with Crippen LogP contribution in [0.2, 0.25) is 0 Å². The van der Waals surface area contributed by atoms with E-state index >= 15 is 0 Å². The molecule has 1 amide bonds. The van der Waals surface area contributed by atoms with Crippen molar-refractivity contribution in [3.05, 3.63) is 46.0 Å². The van der Waals surface area contributed by atoms with Crippen molar-refractivity contribution in [3.63, 3.8) is 0 Å². The van der Waals surface area contributed by atoms with Gasteiger partial charge in [-0.15, -0.1) is 0 Å². The van der Waals surface area contributed by atoms with Crippen molar-refractivity contribution >= 4 is 5.91 Å². The van der Waals surface area contributed by atoms with E-state index in [1.54, 1.807) is 11.8 Å². The van der Waals surface area contributed by atoms with Gasteiger partial charge in [0.25, 0.3) is 11.5 Å². The van der Waals surface area contributed by atoms with Crippen LogP contribution in [-0.2, 0) is 4.74 Å². The zero-order chi connectivity index (χ0) is 14.8. The first kappa shape index (κ1) is 13.5. The second kappa shape index (κ2) is 5.49. The van der Waals surface area contributed by atoms with E-state index in [0.717, 1.165) is 0 Å². The molecule has 3 heterocycles. The smallest absolute Gasteiger partial charge is 0.276 e. The molecule has 0 saturated carbocycles. The minimum absolute atomic E-state index is 0.225. The molecule has 1 aliphatic heterocycles. The third-order valence-corrected chi connectivity index (χ3v) is 3.27. The Labute approximate surface area is 119 Å². The first-order valence-electron chi connectivity index (χ1n) is 6.52. The molecule has 0 aliphatic carbocycles. The highest BCUT2D eigenvalue weighted by Crippen LogP contribution is 2.23. The number of amides is 1. The molecule has 8 heteroatoms. The molecule has 1 fully saturated rings. The van der Waals surface area contributed by atoms with Crippen molar-refractivity contribution < 1.29 is 14.1 Å². The second-order valence-electron chi connectivity index (χ2n) is 4.73. The van der Waals surface area contributed by atoms with Gasteiger partial charge in [-0.25, -0.2) is 4.98 Å². The van der Waals surface area contributed by atoms with Gasteiger partial charge in [0.05, 0.1) is 24.9 Å². The SMILES string of the molecule is Cc1nc(C2COCCN2C(=O)c2ccon2)cc(=O)[nH]1. The van der Waals surface area contributed by atoms with E-state index in [0.29, 0.717) is 31.3 Å². The Bertz CT molecular complexity index is 694. The van der Waals surface area contributed by atoms with Crippen molar-refractivity contribution in [2.24, 2.45) is 0 Å². The van der Waals surface area contributed by atoms with E-state index in [9.17, 15) is 9.59 Å². The van der Waals surface area contributed by atoms with Crippen molar-refractivity contribution in [2.75, 3.05) is 19.8 Å². The number of aromatic nitrogens is 3. The van der Waals surface area contributed by atoms with E-state index in [4.69, 9.17) is 9.26 Å². The molecule has 2 aromatic rings. The highest BCUT2D eigenvalue weighted by molar-refractivity contribution is 5.92. The molecule has 21 heavy (non-hydrogen) atoms. The summed E-state index contributed by atoms with van der Waals surface area (Å²) in [6.45, 7) is 2.82. The second-order valence-corrected chi connectivity index (χ2v) is 4.73. The zero-order valence-electron chi connectivity index (χ0n) is 11.4. The predicted molar refractivity (Wildman–Crippen MR) is 70.7 cm³/mol. The molecule has 3 rings (SSSR count). The lowest BCUT2D eigenvalue weighted by molar-refractivity contribution is -0.00451. The maximum absolute atomic E-state index is 12.4. The van der Waals surface area contributed by atoms with Crippen LogP contribution in [0, 0.1) is 6.92 Å². The van der Waals surface area contributed by atoms with Crippen LogP contribution in [0.15, 0.2) is 27.7 Å². The van der Waals surface area contributed by atoms with Gasteiger partial charge in [0.1, 0.15) is 12.1 Å². The summed E-state index contributed by atoms with van der Waals surface area (Å²) >= 11 is 0. The molecule has 8 nitrogen and oxygen atoms in total. The molecule has 1 aliphatic rings. The summed E-state index contributed by atoms with van der Waals surface area (Å²) < 4.78 is 10.1. The summed E-state index contributed by atoms with van der Waals surface area (Å²) in [5, 5.41) is 3.66. The highest BCUT2D eigenvalue weighted by atomic mass is 16.5. The molecule has 0 bridgehead atoms. The fraction of sp³-hybridized carbons (Fsp3) is 0.385. The Morgan fingerprint density at radius 2 is 2.38 bits per heavy atom. The molecule has 1 N–H and O–H groups in total. The number of nitrogens with one attached hydrogen (secondary N) is 1. The zero-order valence-corrected chi connectivity index (χ0v) is 11.4. The summed E-state index contributed by atoms with van der Waals surface area (Å²) in [4.78, 5) is 32.5. The number of carbonyl (C=O) groups is 1. The number of aryl methyl sites for hydroxylation is 1. The van der Waals surface area contributed by atoms with Gasteiger partial charge in [0.15, 0.2) is 5.69 Å². The van der Waals surface area contributed by atoms with Gasteiger partial charge in [0.2, 0.25) is 0 Å². The standard InChI is InChI=1S/C13H14N4O4/c1-8-14-10(6-12(18)15-8)11-7-20-5-3-17(11)13(19)9-2-4-21-16-9/h2,4,6,11H,3,5,7H2,1H3,(H,14,15,18). The highest BCUT2D eigenvalue weighted by Gasteiger charge is 2.31. The van der Waals surface area contributed by atoms with Gasteiger partial charge in [0, 0.05) is 18.7 Å². The number of nitrogens with zero attached hydrogens (tertiary/aromatic N) is 3. The molecular weight excluding hydrogens is 276 g/mol. The lowest BCUT2D eigenvalue weighted by Gasteiger charge is -2.34. The molecule has 1 unspecified atom stereocenters. The minimum Gasteiger partial charge on any atom is -0.377 e. The first-order chi connectivity index (χ1) is 10.1. The largest absolute Gasteiger partial charge is 0.377 e. The molecule has 0 spiro atoms. The number of ether oxygens (including phenoxy) is 1. The number of hydrogen-bond donors (Lipinski definition) is 1. The lowest BCUT2D eigenvalue weighted by Crippen LogP contribution is -2.44. The maximum Gasteiger partial charge on any atom is 0.276 e. The molecule has 110 valence electrons. The molecule has 1 atom stereocenters. The monoisotopic (exact) mass is 290 g/mol. The van der Waals surface area contributed by atoms with E-state index in [1.165, 1.54) is 18.4 Å². The predicted octanol–water partition coefficient (Wildman–Crippen LogP) is 0.280. The average Bonchev–Trinajstić information content (AvgIpc) is 2.99. The molecule has 0 aromatic carbocycles. The van der Waals surface area contributed by atoms with Gasteiger partial charge >= 0.3 is 0 Å². The van der Waals surface area contributed by atoms with Crippen molar-refractivity contribution in [1.29, 1.82) is 0 Å². The van der Waals surface area contributed by atoms with E-state index in [1.807, 2.05) is 0 Å². The Balaban J connectivity index is 1.94. The van der Waals surface area contributed by atoms with Crippen LogP contribution < -0.4 is 5.56 Å². The number of carbonyl (C=O) groups excluding carboxylic acids is 1. The van der Waals surface area contributed by atoms with Gasteiger partial charge in [-0.05, 0) is 6.92 Å². The van der Waals surface area contributed by atoms with Gasteiger partial charge in [-0.1, -0.05) is 5.16 Å². The molecule has 2 aromatic heterocycles. The third-order valence-electron chi connectivity index (χ3n) is 3.27. The lowest BCUT2D eigenvalue weighted by atomic mass is 10.1. The van der Waals surface area contributed by atoms with Crippen LogP contribution >= 0.6 is 0 Å². The Kier molecular flexibility index (Phi) is 3.53. The number of morpholine rings is 1. The maximum atomic E-state index is 12.4. The van der Waals surface area contributed by atoms with Crippen molar-refractivity contribution in [2.45, 2.75) is 13.0 Å². The summed E-state index contributed by atoms with van der Waals surface area (Å²) in [5.74, 6) is 0.230. The summed E-state index contributed by atoms with van der Waals surface area (Å²) in [6.07, 6.45) is 1.35. The number of H-pyrrole nitrogens is 1. The van der Waals surface area contributed by atoms with Crippen LogP contribution in [0.25, 0.3) is 0 Å². The van der Waals surface area contributed by atoms with Gasteiger partial charge < -0.3 is 19.1 Å². The fourth-order valence-corrected chi connectivity index (χ4v) is 2.34. The topological polar surface area (TPSA) is 101 Å². The van der Waals surface area contributed by atoms with Crippen LogP contribution in [0.1, 0.15) is 28.0 Å². The fourth-order valence-electron chi connectivity index (χ4n) is 2.34. The quantitative estimate of drug-likeness (QED) is 0.852. The van der Waals surface area contributed by atoms with Gasteiger partial charge in [-0.2, -0.15) is 0 Å². The average molecular weight is 290 g/mol. The first-order valence-corrected chi connectivity index (χ1v) is 6.52. The van der Waals surface area contributed by atoms with E-state index < -0.39 is 6.04 Å². The van der Waals surface area contributed by atoms with Crippen LogP contribution in [0.5, 0.6) is 0 Å². The normalized spacial score (nSPS) is 18.7. The Morgan fingerprint density at radius 1 is 1.52 bits per heavy atom. The number of hydrogen-bond acceptors (Lipinski definition) is 6. The molecule has 0 radical (unpaired) electrons. The van der Waals surface area contributed by atoms with E-state index in [2.05, 4.69) is 15.1 Å². The minimum atomic E-state index is -0.413. The molecule has 1 saturated heterocycles. The summed E-state index contributed by atoms with van der Waals surface area (Å²) in [5.41, 5.74) is 0.480. The van der Waals surface area contributed by atoms with E-state index in [-0.39, 0.29) is 17.2 Å². The van der Waals surface area contributed by atoms with Crippen molar-refractivity contribution in [1.82, 2.24) is 20.0 Å². The number of aromatic amines is 1. The van der Waals surface area contributed by atoms with Crippen molar-refractivity contribution in [3.8, 4) is 0 Å². The van der Waals surface area contributed by atoms with Crippen LogP contribution in [-0.4, -0.2) is 45.7 Å². The Hall–Kier alpha value is -2.48. The third kappa shape index (κ3) is 2.70. The Morgan fingerprint density at radius 3 is 3.10 bits per heavy atom. The number of rotatable bonds is 2. The van der Waals surface area contributed by atoms with Crippen LogP contribution in [0.4, 0.5) is 0 Å².